The smallest absolute Gasteiger partial charge is 0.350 e. The van der Waals surface area contributed by atoms with E-state index in [0.717, 1.165) is 22.7 Å². The first-order chi connectivity index (χ1) is 9.16. The van der Waals surface area contributed by atoms with E-state index in [1.54, 1.807) is 4.90 Å². The molecule has 0 radical (unpaired) electrons. The van der Waals surface area contributed by atoms with Crippen molar-refractivity contribution in [2.75, 3.05) is 0 Å². The summed E-state index contributed by atoms with van der Waals surface area (Å²) in [6.45, 7) is 0.956. The Kier molecular flexibility index (Phi) is 2.75. The molecule has 1 aliphatic heterocycles. The molecule has 0 fully saturated rings. The Labute approximate surface area is 112 Å². The van der Waals surface area contributed by atoms with Gasteiger partial charge in [0.25, 0.3) is 5.91 Å². The van der Waals surface area contributed by atoms with Crippen molar-refractivity contribution in [3.05, 3.63) is 46.0 Å². The van der Waals surface area contributed by atoms with Gasteiger partial charge in [-0.1, -0.05) is 28.8 Å². The largest absolute Gasteiger partial charge is 0.477 e. The Morgan fingerprint density at radius 1 is 1.21 bits per heavy atom. The van der Waals surface area contributed by atoms with Gasteiger partial charge in [-0.05, 0) is 22.7 Å². The molecule has 0 saturated carbocycles. The zero-order valence-corrected chi connectivity index (χ0v) is 10.6. The molecule has 1 aliphatic rings. The molecule has 7 heteroatoms. The van der Waals surface area contributed by atoms with E-state index in [1.165, 1.54) is 0 Å². The van der Waals surface area contributed by atoms with Crippen molar-refractivity contribution in [2.45, 2.75) is 13.1 Å². The quantitative estimate of drug-likeness (QED) is 0.895. The molecular weight excluding hydrogens is 266 g/mol. The molecule has 1 N–H and O–H groups in total. The van der Waals surface area contributed by atoms with Gasteiger partial charge in [-0.15, -0.1) is 5.10 Å². The van der Waals surface area contributed by atoms with Gasteiger partial charge >= 0.3 is 5.97 Å². The van der Waals surface area contributed by atoms with E-state index in [-0.39, 0.29) is 16.5 Å². The van der Waals surface area contributed by atoms with Crippen LogP contribution in [0.3, 0.4) is 0 Å². The second kappa shape index (κ2) is 4.43. The molecule has 0 saturated heterocycles. The van der Waals surface area contributed by atoms with Crippen molar-refractivity contribution in [1.29, 1.82) is 0 Å². The highest BCUT2D eigenvalue weighted by Crippen LogP contribution is 2.24. The van der Waals surface area contributed by atoms with E-state index >= 15 is 0 Å². The molecule has 96 valence electrons. The lowest BCUT2D eigenvalue weighted by Gasteiger charge is -2.13. The van der Waals surface area contributed by atoms with Gasteiger partial charge in [0.2, 0.25) is 0 Å². The lowest BCUT2D eigenvalue weighted by molar-refractivity contribution is 0.0677. The minimum atomic E-state index is -1.17. The van der Waals surface area contributed by atoms with Gasteiger partial charge in [-0.3, -0.25) is 4.79 Å². The van der Waals surface area contributed by atoms with Gasteiger partial charge in [0, 0.05) is 13.1 Å². The summed E-state index contributed by atoms with van der Waals surface area (Å²) in [5.74, 6) is -1.56. The Morgan fingerprint density at radius 3 is 2.42 bits per heavy atom. The van der Waals surface area contributed by atoms with Gasteiger partial charge in [0.05, 0.1) is 0 Å². The topological polar surface area (TPSA) is 83.4 Å². The zero-order valence-electron chi connectivity index (χ0n) is 9.74. The predicted molar refractivity (Wildman–Crippen MR) is 66.9 cm³/mol. The molecule has 3 rings (SSSR count). The SMILES string of the molecule is O=C(O)c1snnc1C(=O)N1Cc2ccccc2C1. The van der Waals surface area contributed by atoms with Crippen LogP contribution in [0.25, 0.3) is 0 Å². The van der Waals surface area contributed by atoms with E-state index in [2.05, 4.69) is 9.59 Å². The van der Waals surface area contributed by atoms with E-state index in [0.29, 0.717) is 13.1 Å². The minimum absolute atomic E-state index is 0.0784. The normalized spacial score (nSPS) is 13.4. The molecule has 1 aromatic carbocycles. The average Bonchev–Trinajstić information content (AvgIpc) is 3.04. The second-order valence-corrected chi connectivity index (χ2v) is 4.94. The molecule has 1 amide bonds. The fourth-order valence-electron chi connectivity index (χ4n) is 2.10. The first-order valence-electron chi connectivity index (χ1n) is 5.58. The number of nitrogens with zero attached hydrogens (tertiary/aromatic N) is 3. The number of hydrogen-bond donors (Lipinski definition) is 1. The standard InChI is InChI=1S/C12H9N3O3S/c16-11(9-10(12(17)18)19-14-13-9)15-5-7-3-1-2-4-8(7)6-15/h1-4H,5-6H2,(H,17,18). The first-order valence-corrected chi connectivity index (χ1v) is 6.36. The number of carbonyl (C=O) groups is 2. The highest BCUT2D eigenvalue weighted by Gasteiger charge is 2.29. The molecule has 0 atom stereocenters. The molecule has 0 aliphatic carbocycles. The first kappa shape index (κ1) is 11.8. The molecule has 19 heavy (non-hydrogen) atoms. The number of amides is 1. The average molecular weight is 275 g/mol. The Balaban J connectivity index is 1.87. The maximum absolute atomic E-state index is 12.3. The van der Waals surface area contributed by atoms with Crippen molar-refractivity contribution in [3.63, 3.8) is 0 Å². The lowest BCUT2D eigenvalue weighted by Crippen LogP contribution is -2.27. The van der Waals surface area contributed by atoms with Crippen LogP contribution in [0.1, 0.15) is 31.3 Å². The van der Waals surface area contributed by atoms with E-state index in [4.69, 9.17) is 5.11 Å². The third kappa shape index (κ3) is 1.97. The van der Waals surface area contributed by atoms with Crippen LogP contribution in [0.15, 0.2) is 24.3 Å². The third-order valence-corrected chi connectivity index (χ3v) is 3.73. The zero-order chi connectivity index (χ0) is 13.4. The van der Waals surface area contributed by atoms with Crippen LogP contribution in [-0.4, -0.2) is 31.5 Å². The molecule has 1 aromatic heterocycles. The number of hydrogen-bond acceptors (Lipinski definition) is 5. The fraction of sp³-hybridized carbons (Fsp3) is 0.167. The van der Waals surface area contributed by atoms with Crippen molar-refractivity contribution >= 4 is 23.4 Å². The van der Waals surface area contributed by atoms with Crippen molar-refractivity contribution < 1.29 is 14.7 Å². The fourth-order valence-corrected chi connectivity index (χ4v) is 2.59. The van der Waals surface area contributed by atoms with E-state index in [9.17, 15) is 9.59 Å². The molecule has 0 unspecified atom stereocenters. The molecule has 6 nitrogen and oxygen atoms in total. The summed E-state index contributed by atoms with van der Waals surface area (Å²) in [7, 11) is 0. The number of rotatable bonds is 2. The Morgan fingerprint density at radius 2 is 1.84 bits per heavy atom. The number of carboxylic acid groups (broad SMARTS) is 1. The maximum atomic E-state index is 12.3. The monoisotopic (exact) mass is 275 g/mol. The van der Waals surface area contributed by atoms with Crippen LogP contribution in [0.4, 0.5) is 0 Å². The van der Waals surface area contributed by atoms with Crippen LogP contribution in [-0.2, 0) is 13.1 Å². The summed E-state index contributed by atoms with van der Waals surface area (Å²) in [6, 6.07) is 7.75. The third-order valence-electron chi connectivity index (χ3n) is 3.01. The number of carbonyl (C=O) groups excluding carboxylic acids is 1. The Bertz CT molecular complexity index is 643. The van der Waals surface area contributed by atoms with Gasteiger partial charge in [-0.2, -0.15) is 0 Å². The summed E-state index contributed by atoms with van der Waals surface area (Å²) in [4.78, 5) is 24.7. The maximum Gasteiger partial charge on any atom is 0.350 e. The van der Waals surface area contributed by atoms with Crippen LogP contribution in [0.5, 0.6) is 0 Å². The van der Waals surface area contributed by atoms with Crippen LogP contribution < -0.4 is 0 Å². The predicted octanol–water partition coefficient (Wildman–Crippen LogP) is 1.39. The number of aromatic carboxylic acids is 1. The van der Waals surface area contributed by atoms with E-state index in [1.807, 2.05) is 24.3 Å². The number of carboxylic acids is 1. The molecule has 0 spiro atoms. The lowest BCUT2D eigenvalue weighted by atomic mass is 10.1. The van der Waals surface area contributed by atoms with Crippen molar-refractivity contribution in [2.24, 2.45) is 0 Å². The molecule has 2 aromatic rings. The molecule has 2 heterocycles. The highest BCUT2D eigenvalue weighted by molar-refractivity contribution is 7.08. The summed E-state index contributed by atoms with van der Waals surface area (Å²) in [5, 5.41) is 12.6. The summed E-state index contributed by atoms with van der Waals surface area (Å²) in [6.07, 6.45) is 0. The van der Waals surface area contributed by atoms with E-state index < -0.39 is 5.97 Å². The second-order valence-electron chi connectivity index (χ2n) is 4.19. The number of benzene rings is 1. The molecule has 0 bridgehead atoms. The Hall–Kier alpha value is -2.28. The molecular formula is C12H9N3O3S. The van der Waals surface area contributed by atoms with Crippen LogP contribution >= 0.6 is 11.5 Å². The summed E-state index contributed by atoms with van der Waals surface area (Å²) < 4.78 is 3.55. The van der Waals surface area contributed by atoms with Gasteiger partial charge in [-0.25, -0.2) is 4.79 Å². The van der Waals surface area contributed by atoms with Gasteiger partial charge in [0.1, 0.15) is 0 Å². The summed E-state index contributed by atoms with van der Waals surface area (Å²) in [5.41, 5.74) is 2.08. The van der Waals surface area contributed by atoms with Gasteiger partial charge in [0.15, 0.2) is 10.6 Å². The van der Waals surface area contributed by atoms with Crippen LogP contribution in [0, 0.1) is 0 Å². The van der Waals surface area contributed by atoms with Gasteiger partial charge < -0.3 is 10.0 Å². The highest BCUT2D eigenvalue weighted by atomic mass is 32.1. The summed E-state index contributed by atoms with van der Waals surface area (Å²) >= 11 is 0.720. The number of fused-ring (bicyclic) bond motifs is 1. The van der Waals surface area contributed by atoms with Crippen molar-refractivity contribution in [3.8, 4) is 0 Å². The van der Waals surface area contributed by atoms with Crippen LogP contribution in [0.2, 0.25) is 0 Å². The van der Waals surface area contributed by atoms with Crippen molar-refractivity contribution in [1.82, 2.24) is 14.5 Å². The minimum Gasteiger partial charge on any atom is -0.477 e. The number of aromatic nitrogens is 2.